The topological polar surface area (TPSA) is 67.4 Å². The van der Waals surface area contributed by atoms with Crippen molar-refractivity contribution < 1.29 is 14.3 Å². The molecule has 0 saturated carbocycles. The summed E-state index contributed by atoms with van der Waals surface area (Å²) in [6.45, 7) is 2.28. The predicted octanol–water partition coefficient (Wildman–Crippen LogP) is 3.76. The fraction of sp³-hybridized carbons (Fsp3) is 0.176. The summed E-state index contributed by atoms with van der Waals surface area (Å²) in [5, 5.41) is 6.13. The molecule has 0 spiro atoms. The summed E-state index contributed by atoms with van der Waals surface area (Å²) in [5.74, 6) is -0.0797. The molecule has 0 aliphatic rings. The van der Waals surface area contributed by atoms with E-state index in [-0.39, 0.29) is 18.4 Å². The molecule has 0 bridgehead atoms. The van der Waals surface area contributed by atoms with Gasteiger partial charge in [-0.15, -0.1) is 0 Å². The van der Waals surface area contributed by atoms with Gasteiger partial charge in [-0.2, -0.15) is 0 Å². The number of likely N-dealkylation sites (N-methyl/N-ethyl adjacent to an activating group) is 1. The van der Waals surface area contributed by atoms with Gasteiger partial charge in [0.1, 0.15) is 5.75 Å². The third-order valence-electron chi connectivity index (χ3n) is 2.96. The summed E-state index contributed by atoms with van der Waals surface area (Å²) in [6.07, 6.45) is 0. The lowest BCUT2D eigenvalue weighted by atomic mass is 10.2. The Kier molecular flexibility index (Phi) is 6.46. The average molecular weight is 367 g/mol. The van der Waals surface area contributed by atoms with Crippen molar-refractivity contribution >= 4 is 40.7 Å². The number of benzene rings is 2. The molecule has 2 amide bonds. The highest BCUT2D eigenvalue weighted by Crippen LogP contribution is 2.21. The van der Waals surface area contributed by atoms with Crippen molar-refractivity contribution in [1.82, 2.24) is 5.32 Å². The molecular formula is C17H16Cl2N2O3. The van der Waals surface area contributed by atoms with Crippen LogP contribution in [0, 0.1) is 0 Å². The molecule has 2 aromatic carbocycles. The quantitative estimate of drug-likeness (QED) is 0.817. The van der Waals surface area contributed by atoms with Gasteiger partial charge >= 0.3 is 0 Å². The Balaban J connectivity index is 2.03. The highest BCUT2D eigenvalue weighted by molar-refractivity contribution is 6.35. The maximum atomic E-state index is 12.2. The number of halogens is 2. The maximum absolute atomic E-state index is 12.2. The van der Waals surface area contributed by atoms with Crippen LogP contribution in [0.4, 0.5) is 5.69 Å². The molecule has 0 aromatic heterocycles. The van der Waals surface area contributed by atoms with Crippen molar-refractivity contribution in [3.63, 3.8) is 0 Å². The smallest absolute Gasteiger partial charge is 0.257 e. The standard InChI is InChI=1S/C17H16Cl2N2O3/c1-2-20-16(22)10-24-15-5-3-4-14(9-15)21-17(23)11-6-12(18)8-13(19)7-11/h3-9H,2,10H2,1H3,(H,20,22)(H,21,23). The lowest BCUT2D eigenvalue weighted by Gasteiger charge is -2.09. The van der Waals surface area contributed by atoms with Gasteiger partial charge in [0.05, 0.1) is 0 Å². The van der Waals surface area contributed by atoms with Crippen LogP contribution in [0.25, 0.3) is 0 Å². The van der Waals surface area contributed by atoms with Gasteiger partial charge in [-0.3, -0.25) is 9.59 Å². The van der Waals surface area contributed by atoms with Crippen LogP contribution in [0.1, 0.15) is 17.3 Å². The van der Waals surface area contributed by atoms with Gasteiger partial charge in [0.2, 0.25) is 0 Å². The summed E-state index contributed by atoms with van der Waals surface area (Å²) in [6, 6.07) is 11.4. The van der Waals surface area contributed by atoms with Crippen LogP contribution < -0.4 is 15.4 Å². The minimum atomic E-state index is -0.347. The van der Waals surface area contributed by atoms with Gasteiger partial charge in [-0.1, -0.05) is 29.3 Å². The van der Waals surface area contributed by atoms with Crippen molar-refractivity contribution in [3.8, 4) is 5.75 Å². The summed E-state index contributed by atoms with van der Waals surface area (Å²) in [7, 11) is 0. The van der Waals surface area contributed by atoms with E-state index in [0.717, 1.165) is 0 Å². The molecular weight excluding hydrogens is 351 g/mol. The van der Waals surface area contributed by atoms with Gasteiger partial charge in [0.15, 0.2) is 6.61 Å². The molecule has 0 atom stereocenters. The molecule has 2 N–H and O–H groups in total. The van der Waals surface area contributed by atoms with Crippen LogP contribution in [0.15, 0.2) is 42.5 Å². The molecule has 2 rings (SSSR count). The van der Waals surface area contributed by atoms with Crippen LogP contribution in [0.5, 0.6) is 5.75 Å². The van der Waals surface area contributed by atoms with Crippen LogP contribution in [0.3, 0.4) is 0 Å². The summed E-state index contributed by atoms with van der Waals surface area (Å²) < 4.78 is 5.38. The van der Waals surface area contributed by atoms with Gasteiger partial charge < -0.3 is 15.4 Å². The zero-order valence-corrected chi connectivity index (χ0v) is 14.4. The number of carbonyl (C=O) groups excluding carboxylic acids is 2. The van der Waals surface area contributed by atoms with E-state index in [1.165, 1.54) is 12.1 Å². The Morgan fingerprint density at radius 2 is 1.79 bits per heavy atom. The zero-order chi connectivity index (χ0) is 17.5. The number of anilines is 1. The molecule has 0 fully saturated rings. The Morgan fingerprint density at radius 1 is 1.08 bits per heavy atom. The molecule has 2 aromatic rings. The average Bonchev–Trinajstić information content (AvgIpc) is 2.53. The molecule has 0 unspecified atom stereocenters. The second-order valence-corrected chi connectivity index (χ2v) is 5.76. The first-order valence-corrected chi connectivity index (χ1v) is 8.00. The Bertz CT molecular complexity index is 730. The van der Waals surface area contributed by atoms with E-state index in [9.17, 15) is 9.59 Å². The van der Waals surface area contributed by atoms with E-state index in [0.29, 0.717) is 33.6 Å². The zero-order valence-electron chi connectivity index (χ0n) is 12.9. The van der Waals surface area contributed by atoms with Crippen molar-refractivity contribution in [2.24, 2.45) is 0 Å². The maximum Gasteiger partial charge on any atom is 0.257 e. The lowest BCUT2D eigenvalue weighted by molar-refractivity contribution is -0.122. The van der Waals surface area contributed by atoms with Crippen molar-refractivity contribution in [1.29, 1.82) is 0 Å². The Labute approximate surface area is 149 Å². The summed E-state index contributed by atoms with van der Waals surface area (Å²) >= 11 is 11.8. The van der Waals surface area contributed by atoms with Gasteiger partial charge in [0.25, 0.3) is 11.8 Å². The van der Waals surface area contributed by atoms with E-state index in [1.54, 1.807) is 30.3 Å². The van der Waals surface area contributed by atoms with Gasteiger partial charge in [-0.25, -0.2) is 0 Å². The largest absolute Gasteiger partial charge is 0.484 e. The Hall–Kier alpha value is -2.24. The first-order valence-electron chi connectivity index (χ1n) is 7.25. The SMILES string of the molecule is CCNC(=O)COc1cccc(NC(=O)c2cc(Cl)cc(Cl)c2)c1. The second-order valence-electron chi connectivity index (χ2n) is 4.88. The van der Waals surface area contributed by atoms with Gasteiger partial charge in [-0.05, 0) is 37.3 Å². The number of amides is 2. The second kappa shape index (κ2) is 8.57. The van der Waals surface area contributed by atoms with Crippen LogP contribution >= 0.6 is 23.2 Å². The monoisotopic (exact) mass is 366 g/mol. The first kappa shape index (κ1) is 18.1. The fourth-order valence-electron chi connectivity index (χ4n) is 1.95. The minimum Gasteiger partial charge on any atom is -0.484 e. The molecule has 126 valence electrons. The number of rotatable bonds is 6. The number of carbonyl (C=O) groups is 2. The summed E-state index contributed by atoms with van der Waals surface area (Å²) in [5.41, 5.74) is 0.880. The molecule has 24 heavy (non-hydrogen) atoms. The van der Waals surface area contributed by atoms with E-state index in [2.05, 4.69) is 10.6 Å². The lowest BCUT2D eigenvalue weighted by Crippen LogP contribution is -2.28. The van der Waals surface area contributed by atoms with E-state index in [1.807, 2.05) is 6.92 Å². The molecule has 0 heterocycles. The molecule has 0 aliphatic carbocycles. The van der Waals surface area contributed by atoms with Crippen molar-refractivity contribution in [2.45, 2.75) is 6.92 Å². The Morgan fingerprint density at radius 3 is 2.46 bits per heavy atom. The third-order valence-corrected chi connectivity index (χ3v) is 3.40. The first-order chi connectivity index (χ1) is 11.5. The number of hydrogen-bond acceptors (Lipinski definition) is 3. The predicted molar refractivity (Wildman–Crippen MR) is 95.0 cm³/mol. The molecule has 0 saturated heterocycles. The van der Waals surface area contributed by atoms with Crippen LogP contribution in [0.2, 0.25) is 10.0 Å². The number of ether oxygens (including phenoxy) is 1. The minimum absolute atomic E-state index is 0.0882. The van der Waals surface area contributed by atoms with Crippen LogP contribution in [-0.2, 0) is 4.79 Å². The molecule has 0 aliphatic heterocycles. The van der Waals surface area contributed by atoms with E-state index in [4.69, 9.17) is 27.9 Å². The number of hydrogen-bond donors (Lipinski definition) is 2. The third kappa shape index (κ3) is 5.44. The fourth-order valence-corrected chi connectivity index (χ4v) is 2.47. The summed E-state index contributed by atoms with van der Waals surface area (Å²) in [4.78, 5) is 23.6. The number of nitrogens with one attached hydrogen (secondary N) is 2. The highest BCUT2D eigenvalue weighted by atomic mass is 35.5. The molecule has 0 radical (unpaired) electrons. The normalized spacial score (nSPS) is 10.1. The van der Waals surface area contributed by atoms with Crippen molar-refractivity contribution in [3.05, 3.63) is 58.1 Å². The van der Waals surface area contributed by atoms with E-state index >= 15 is 0 Å². The molecule has 5 nitrogen and oxygen atoms in total. The van der Waals surface area contributed by atoms with Crippen LogP contribution in [-0.4, -0.2) is 25.0 Å². The van der Waals surface area contributed by atoms with Crippen molar-refractivity contribution in [2.75, 3.05) is 18.5 Å². The molecule has 7 heteroatoms. The van der Waals surface area contributed by atoms with E-state index < -0.39 is 0 Å². The highest BCUT2D eigenvalue weighted by Gasteiger charge is 2.09. The van der Waals surface area contributed by atoms with Gasteiger partial charge in [0, 0.05) is 33.9 Å².